The Kier molecular flexibility index (Phi) is 9.16. The number of ether oxygens (including phenoxy) is 1. The van der Waals surface area contributed by atoms with Crippen LogP contribution in [0.5, 0.6) is 11.5 Å². The number of benzene rings is 2. The number of piperidine rings is 1. The lowest BCUT2D eigenvalue weighted by atomic mass is 10.0. The minimum Gasteiger partial charge on any atom is -0.508 e. The number of hydrogen-bond donors (Lipinski definition) is 3. The molecule has 174 valence electrons. The molecule has 0 aromatic heterocycles. The lowest BCUT2D eigenvalue weighted by molar-refractivity contribution is 0.198. The van der Waals surface area contributed by atoms with Crippen LogP contribution in [0.2, 0.25) is 0 Å². The van der Waals surface area contributed by atoms with Crippen LogP contribution in [0.15, 0.2) is 47.5 Å². The van der Waals surface area contributed by atoms with Crippen LogP contribution in [0.1, 0.15) is 37.3 Å². The van der Waals surface area contributed by atoms with Crippen LogP contribution in [0.3, 0.4) is 0 Å². The molecule has 1 heterocycles. The molecule has 6 nitrogen and oxygen atoms in total. The zero-order valence-corrected chi connectivity index (χ0v) is 19.1. The minimum atomic E-state index is -0.307. The molecule has 0 amide bonds. The Morgan fingerprint density at radius 3 is 2.53 bits per heavy atom. The Morgan fingerprint density at radius 1 is 1.16 bits per heavy atom. The zero-order chi connectivity index (χ0) is 22.8. The van der Waals surface area contributed by atoms with Crippen molar-refractivity contribution in [1.82, 2.24) is 15.5 Å². The number of rotatable bonds is 9. The van der Waals surface area contributed by atoms with E-state index in [1.807, 2.05) is 18.2 Å². The number of aliphatic imine (C=N–C) groups is 1. The Bertz CT molecular complexity index is 865. The molecule has 0 bridgehead atoms. The predicted molar refractivity (Wildman–Crippen MR) is 127 cm³/mol. The molecule has 7 heteroatoms. The van der Waals surface area contributed by atoms with Gasteiger partial charge in [0.05, 0.1) is 7.11 Å². The fraction of sp³-hybridized carbons (Fsp3) is 0.480. The number of hydrogen-bond acceptors (Lipinski definition) is 4. The van der Waals surface area contributed by atoms with Gasteiger partial charge in [-0.25, -0.2) is 4.39 Å². The topological polar surface area (TPSA) is 69.1 Å². The third-order valence-electron chi connectivity index (χ3n) is 5.72. The molecule has 2 aromatic rings. The summed E-state index contributed by atoms with van der Waals surface area (Å²) in [7, 11) is 1.48. The average molecular weight is 443 g/mol. The first kappa shape index (κ1) is 23.9. The van der Waals surface area contributed by atoms with E-state index in [9.17, 15) is 9.50 Å². The van der Waals surface area contributed by atoms with Crippen molar-refractivity contribution in [1.29, 1.82) is 0 Å². The van der Waals surface area contributed by atoms with Crippen LogP contribution in [0, 0.1) is 5.82 Å². The summed E-state index contributed by atoms with van der Waals surface area (Å²) in [6, 6.07) is 12.9. The predicted octanol–water partition coefficient (Wildman–Crippen LogP) is 3.69. The number of likely N-dealkylation sites (tertiary alicyclic amines) is 1. The van der Waals surface area contributed by atoms with Gasteiger partial charge in [-0.1, -0.05) is 18.2 Å². The van der Waals surface area contributed by atoms with Crippen molar-refractivity contribution >= 4 is 5.96 Å². The van der Waals surface area contributed by atoms with Gasteiger partial charge in [-0.3, -0.25) is 9.89 Å². The highest BCUT2D eigenvalue weighted by molar-refractivity contribution is 5.80. The van der Waals surface area contributed by atoms with E-state index in [0.717, 1.165) is 69.9 Å². The van der Waals surface area contributed by atoms with Crippen LogP contribution in [-0.4, -0.2) is 55.3 Å². The average Bonchev–Trinajstić information content (AvgIpc) is 2.79. The number of aromatic hydroxyl groups is 1. The first-order valence-corrected chi connectivity index (χ1v) is 11.4. The van der Waals surface area contributed by atoms with Gasteiger partial charge in [-0.2, -0.15) is 0 Å². The first-order valence-electron chi connectivity index (χ1n) is 11.4. The molecule has 0 saturated carbocycles. The fourth-order valence-electron chi connectivity index (χ4n) is 3.95. The van der Waals surface area contributed by atoms with E-state index in [1.54, 1.807) is 24.3 Å². The maximum absolute atomic E-state index is 13.9. The Hall–Kier alpha value is -2.80. The number of methoxy groups -OCH3 is 1. The number of nitrogens with zero attached hydrogens (tertiary/aromatic N) is 2. The van der Waals surface area contributed by atoms with Crippen molar-refractivity contribution in [3.8, 4) is 11.5 Å². The lowest BCUT2D eigenvalue weighted by Crippen LogP contribution is -2.48. The second-order valence-electron chi connectivity index (χ2n) is 8.19. The van der Waals surface area contributed by atoms with Gasteiger partial charge in [0.2, 0.25) is 0 Å². The van der Waals surface area contributed by atoms with Crippen LogP contribution < -0.4 is 15.4 Å². The van der Waals surface area contributed by atoms with Gasteiger partial charge in [0.1, 0.15) is 5.75 Å². The largest absolute Gasteiger partial charge is 0.508 e. The molecule has 0 unspecified atom stereocenters. The standard InChI is InChI=1S/C25H35FN4O2/c1-3-27-25(28-14-4-5-19-6-9-22(31)10-7-19)29-21-12-15-30(16-13-21)18-20-8-11-24(32-2)23(26)17-20/h6-11,17,21,31H,3-5,12-16,18H2,1-2H3,(H2,27,28,29). The van der Waals surface area contributed by atoms with Crippen molar-refractivity contribution in [2.75, 3.05) is 33.3 Å². The molecule has 0 spiro atoms. The number of aryl methyl sites for hydroxylation is 1. The highest BCUT2D eigenvalue weighted by atomic mass is 19.1. The molecule has 1 aliphatic rings. The molecule has 3 N–H and O–H groups in total. The molecule has 0 aliphatic carbocycles. The van der Waals surface area contributed by atoms with Crippen molar-refractivity contribution in [3.05, 3.63) is 59.4 Å². The SMILES string of the molecule is CCNC(=NCCCc1ccc(O)cc1)NC1CCN(Cc2ccc(OC)c(F)c2)CC1. The van der Waals surface area contributed by atoms with Gasteiger partial charge < -0.3 is 20.5 Å². The van der Waals surface area contributed by atoms with Crippen LogP contribution >= 0.6 is 0 Å². The van der Waals surface area contributed by atoms with Gasteiger partial charge >= 0.3 is 0 Å². The molecule has 3 rings (SSSR count). The summed E-state index contributed by atoms with van der Waals surface area (Å²) in [5.41, 5.74) is 2.18. The smallest absolute Gasteiger partial charge is 0.191 e. The third-order valence-corrected chi connectivity index (χ3v) is 5.72. The molecule has 32 heavy (non-hydrogen) atoms. The molecular formula is C25H35FN4O2. The fourth-order valence-corrected chi connectivity index (χ4v) is 3.95. The van der Waals surface area contributed by atoms with Crippen molar-refractivity contribution in [2.24, 2.45) is 4.99 Å². The molecule has 0 atom stereocenters. The van der Waals surface area contributed by atoms with Crippen LogP contribution in [0.25, 0.3) is 0 Å². The molecule has 2 aromatic carbocycles. The number of nitrogens with one attached hydrogen (secondary N) is 2. The van der Waals surface area contributed by atoms with E-state index in [0.29, 0.717) is 11.8 Å². The highest BCUT2D eigenvalue weighted by Gasteiger charge is 2.20. The Balaban J connectivity index is 1.42. The molecule has 0 radical (unpaired) electrons. The number of phenols is 1. The molecule has 1 saturated heterocycles. The summed E-state index contributed by atoms with van der Waals surface area (Å²) in [5, 5.41) is 16.3. The maximum Gasteiger partial charge on any atom is 0.191 e. The second-order valence-corrected chi connectivity index (χ2v) is 8.19. The Morgan fingerprint density at radius 2 is 1.88 bits per heavy atom. The van der Waals surface area contributed by atoms with E-state index in [1.165, 1.54) is 12.7 Å². The summed E-state index contributed by atoms with van der Waals surface area (Å²) < 4.78 is 18.9. The van der Waals surface area contributed by atoms with Gasteiger partial charge in [-0.15, -0.1) is 0 Å². The summed E-state index contributed by atoms with van der Waals surface area (Å²) >= 11 is 0. The van der Waals surface area contributed by atoms with E-state index >= 15 is 0 Å². The summed E-state index contributed by atoms with van der Waals surface area (Å²) in [6.07, 6.45) is 3.94. The number of guanidine groups is 1. The van der Waals surface area contributed by atoms with Gasteiger partial charge in [0.25, 0.3) is 0 Å². The van der Waals surface area contributed by atoms with E-state index < -0.39 is 0 Å². The quantitative estimate of drug-likeness (QED) is 0.314. The highest BCUT2D eigenvalue weighted by Crippen LogP contribution is 2.20. The molecule has 1 aliphatic heterocycles. The summed E-state index contributed by atoms with van der Waals surface area (Å²) in [5.74, 6) is 1.15. The van der Waals surface area contributed by atoms with Crippen molar-refractivity contribution in [3.63, 3.8) is 0 Å². The minimum absolute atomic E-state index is 0.287. The summed E-state index contributed by atoms with van der Waals surface area (Å²) in [6.45, 7) is 6.32. The maximum atomic E-state index is 13.9. The number of phenolic OH excluding ortho intramolecular Hbond substituents is 1. The van der Waals surface area contributed by atoms with Crippen molar-refractivity contribution in [2.45, 2.75) is 45.2 Å². The van der Waals surface area contributed by atoms with E-state index in [2.05, 4.69) is 22.5 Å². The monoisotopic (exact) mass is 442 g/mol. The molecule has 1 fully saturated rings. The number of halogens is 1. The van der Waals surface area contributed by atoms with Crippen LogP contribution in [0.4, 0.5) is 4.39 Å². The lowest BCUT2D eigenvalue weighted by Gasteiger charge is -2.33. The van der Waals surface area contributed by atoms with Gasteiger partial charge in [0, 0.05) is 38.8 Å². The normalized spacial score (nSPS) is 15.5. The van der Waals surface area contributed by atoms with Crippen molar-refractivity contribution < 1.29 is 14.2 Å². The van der Waals surface area contributed by atoms with Gasteiger partial charge in [0.15, 0.2) is 17.5 Å². The third kappa shape index (κ3) is 7.41. The summed E-state index contributed by atoms with van der Waals surface area (Å²) in [4.78, 5) is 7.09. The zero-order valence-electron chi connectivity index (χ0n) is 19.1. The molecular weight excluding hydrogens is 407 g/mol. The van der Waals surface area contributed by atoms with E-state index in [-0.39, 0.29) is 11.6 Å². The van der Waals surface area contributed by atoms with Gasteiger partial charge in [-0.05, 0) is 68.0 Å². The first-order chi connectivity index (χ1) is 15.6. The van der Waals surface area contributed by atoms with E-state index in [4.69, 9.17) is 9.73 Å². The Labute approximate surface area is 190 Å². The second kappa shape index (κ2) is 12.3. The van der Waals surface area contributed by atoms with Crippen LogP contribution in [-0.2, 0) is 13.0 Å².